The van der Waals surface area contributed by atoms with Crippen LogP contribution in [0, 0.1) is 5.92 Å². The van der Waals surface area contributed by atoms with Crippen molar-refractivity contribution in [3.8, 4) is 0 Å². The maximum absolute atomic E-state index is 10.4. The van der Waals surface area contributed by atoms with E-state index in [0.717, 1.165) is 0 Å². The molecule has 2 saturated heterocycles. The smallest absolute Gasteiger partial charge is 0.188 e. The van der Waals surface area contributed by atoms with Gasteiger partial charge in [0.25, 0.3) is 0 Å². The van der Waals surface area contributed by atoms with Gasteiger partial charge in [-0.05, 0) is 7.05 Å². The topological polar surface area (TPSA) is 143 Å². The van der Waals surface area contributed by atoms with Crippen LogP contribution in [0.25, 0.3) is 5.73 Å². The molecule has 0 amide bonds. The predicted octanol–water partition coefficient (Wildman–Crippen LogP) is -1.57. The van der Waals surface area contributed by atoms with Crippen molar-refractivity contribution in [3.05, 3.63) is 5.73 Å². The standard InChI is InChI=1S/C15H29N2O8.Y/c1-6-7(5-18)23-14(9(17-2)10(6)19)24-12-11(20)8(16)13(21-3)25-15(12)22-4;/h6-20H,5H2,1-4H3;/q-1;/t6-,7?,8?,9?,10+,11?,12+,13-,14+,15-;/m1./s1. The Kier molecular flexibility index (Phi) is 10.5. The minimum atomic E-state index is -1.26. The average molecular weight is 454 g/mol. The van der Waals surface area contributed by atoms with E-state index >= 15 is 0 Å². The van der Waals surface area contributed by atoms with Crippen molar-refractivity contribution < 1.29 is 71.7 Å². The van der Waals surface area contributed by atoms with Crippen molar-refractivity contribution in [2.24, 2.45) is 5.92 Å². The van der Waals surface area contributed by atoms with Gasteiger partial charge in [-0.15, -0.1) is 0 Å². The summed E-state index contributed by atoms with van der Waals surface area (Å²) in [6.07, 6.45) is -6.64. The second-order valence-electron chi connectivity index (χ2n) is 6.35. The fourth-order valence-electron chi connectivity index (χ4n) is 3.23. The molecule has 0 saturated carbocycles. The monoisotopic (exact) mass is 454 g/mol. The number of hydrogen-bond acceptors (Lipinski definition) is 9. The molecule has 0 aliphatic carbocycles. The predicted molar refractivity (Wildman–Crippen MR) is 85.4 cm³/mol. The van der Waals surface area contributed by atoms with Gasteiger partial charge >= 0.3 is 0 Å². The maximum atomic E-state index is 10.4. The largest absolute Gasteiger partial charge is 0.668 e. The van der Waals surface area contributed by atoms with E-state index in [9.17, 15) is 15.3 Å². The second-order valence-corrected chi connectivity index (χ2v) is 6.35. The fraction of sp³-hybridized carbons (Fsp3) is 1.00. The normalized spacial score (nSPS) is 46.6. The molecule has 10 atom stereocenters. The summed E-state index contributed by atoms with van der Waals surface area (Å²) >= 11 is 0. The molecule has 2 heterocycles. The molecule has 2 fully saturated rings. The number of aliphatic hydroxyl groups is 3. The zero-order valence-corrected chi connectivity index (χ0v) is 18.3. The van der Waals surface area contributed by atoms with Gasteiger partial charge in [0.05, 0.1) is 31.0 Å². The summed E-state index contributed by atoms with van der Waals surface area (Å²) < 4.78 is 27.3. The van der Waals surface area contributed by atoms with Gasteiger partial charge in [0.2, 0.25) is 0 Å². The van der Waals surface area contributed by atoms with E-state index in [-0.39, 0.29) is 45.2 Å². The van der Waals surface area contributed by atoms with Gasteiger partial charge in [-0.3, -0.25) is 0 Å². The zero-order valence-electron chi connectivity index (χ0n) is 15.4. The van der Waals surface area contributed by atoms with Crippen molar-refractivity contribution in [2.45, 2.75) is 62.3 Å². The first-order chi connectivity index (χ1) is 11.9. The van der Waals surface area contributed by atoms with Gasteiger partial charge in [0.1, 0.15) is 12.4 Å². The van der Waals surface area contributed by atoms with E-state index in [0.29, 0.717) is 0 Å². The Bertz CT molecular complexity index is 421. The molecule has 0 aromatic rings. The summed E-state index contributed by atoms with van der Waals surface area (Å²) in [5.74, 6) is -0.310. The van der Waals surface area contributed by atoms with Crippen LogP contribution >= 0.6 is 0 Å². The van der Waals surface area contributed by atoms with E-state index in [1.807, 2.05) is 0 Å². The maximum Gasteiger partial charge on any atom is 0.188 e. The molecule has 151 valence electrons. The number of likely N-dealkylation sites (N-methyl/N-ethyl adjacent to an activating group) is 1. The van der Waals surface area contributed by atoms with Gasteiger partial charge in [-0.25, -0.2) is 0 Å². The third-order valence-corrected chi connectivity index (χ3v) is 4.90. The number of aliphatic hydroxyl groups excluding tert-OH is 3. The van der Waals surface area contributed by atoms with Crippen LogP contribution in [0.2, 0.25) is 0 Å². The van der Waals surface area contributed by atoms with Crippen molar-refractivity contribution in [3.63, 3.8) is 0 Å². The van der Waals surface area contributed by atoms with Gasteiger partial charge in [0, 0.05) is 52.8 Å². The van der Waals surface area contributed by atoms with Crippen LogP contribution in [0.4, 0.5) is 0 Å². The minimum absolute atomic E-state index is 0. The molecule has 11 heteroatoms. The van der Waals surface area contributed by atoms with Crippen molar-refractivity contribution in [1.29, 1.82) is 0 Å². The Labute approximate surface area is 178 Å². The summed E-state index contributed by atoms with van der Waals surface area (Å²) in [7, 11) is 4.41. The third kappa shape index (κ3) is 5.00. The molecule has 2 aliphatic heterocycles. The van der Waals surface area contributed by atoms with Crippen LogP contribution in [0.15, 0.2) is 0 Å². The number of rotatable bonds is 6. The molecule has 4 unspecified atom stereocenters. The van der Waals surface area contributed by atoms with Crippen LogP contribution in [0.5, 0.6) is 0 Å². The number of nitrogens with one attached hydrogen (secondary N) is 2. The van der Waals surface area contributed by atoms with Crippen molar-refractivity contribution >= 4 is 0 Å². The molecular formula is C15H29N2O8Y-. The van der Waals surface area contributed by atoms with Gasteiger partial charge in [0.15, 0.2) is 12.6 Å². The Morgan fingerprint density at radius 1 is 1.04 bits per heavy atom. The van der Waals surface area contributed by atoms with Gasteiger partial charge in [-0.1, -0.05) is 13.0 Å². The molecule has 26 heavy (non-hydrogen) atoms. The van der Waals surface area contributed by atoms with Crippen LogP contribution in [0.3, 0.4) is 0 Å². The molecule has 0 aromatic carbocycles. The Morgan fingerprint density at radius 2 is 1.65 bits per heavy atom. The molecule has 2 rings (SSSR count). The quantitative estimate of drug-likeness (QED) is 0.374. The molecule has 2 aliphatic rings. The first kappa shape index (κ1) is 24.7. The molecule has 0 spiro atoms. The van der Waals surface area contributed by atoms with Crippen LogP contribution in [0.1, 0.15) is 6.92 Å². The van der Waals surface area contributed by atoms with Crippen LogP contribution < -0.4 is 5.32 Å². The average Bonchev–Trinajstić information content (AvgIpc) is 2.62. The van der Waals surface area contributed by atoms with Crippen LogP contribution in [-0.4, -0.2) is 98.6 Å². The van der Waals surface area contributed by atoms with Gasteiger partial charge < -0.3 is 50.1 Å². The van der Waals surface area contributed by atoms with Crippen molar-refractivity contribution in [1.82, 2.24) is 5.32 Å². The number of hydrogen-bond donors (Lipinski definition) is 4. The summed E-state index contributed by atoms with van der Waals surface area (Å²) in [6.45, 7) is 1.49. The second kappa shape index (κ2) is 11.0. The van der Waals surface area contributed by atoms with E-state index in [2.05, 4.69) is 5.32 Å². The summed E-state index contributed by atoms with van der Waals surface area (Å²) in [4.78, 5) is 0. The van der Waals surface area contributed by atoms with Crippen LogP contribution in [-0.2, 0) is 56.4 Å². The summed E-state index contributed by atoms with van der Waals surface area (Å²) in [5, 5.41) is 33.3. The molecule has 10 nitrogen and oxygen atoms in total. The third-order valence-electron chi connectivity index (χ3n) is 4.90. The Morgan fingerprint density at radius 3 is 2.15 bits per heavy atom. The van der Waals surface area contributed by atoms with E-state index in [1.54, 1.807) is 14.0 Å². The summed E-state index contributed by atoms with van der Waals surface area (Å²) in [5.41, 5.74) is 8.01. The van der Waals surface area contributed by atoms with Gasteiger partial charge in [-0.2, -0.15) is 0 Å². The van der Waals surface area contributed by atoms with E-state index < -0.39 is 55.4 Å². The Hall–Kier alpha value is 0.704. The molecule has 0 aromatic heterocycles. The molecular weight excluding hydrogens is 425 g/mol. The first-order valence-corrected chi connectivity index (χ1v) is 8.26. The fourth-order valence-corrected chi connectivity index (χ4v) is 3.23. The zero-order chi connectivity index (χ0) is 18.7. The van der Waals surface area contributed by atoms with Crippen molar-refractivity contribution in [2.75, 3.05) is 27.9 Å². The number of methoxy groups -OCH3 is 2. The SMILES string of the molecule is CNC1[C@H](O[C@H]2C(O)C([NH-])[C@H](OC)O[C@H]2OC)OC(CO)[C@@H](C)[C@@H]1O.[Y]. The minimum Gasteiger partial charge on any atom is -0.668 e. The molecule has 5 N–H and O–H groups in total. The first-order valence-electron chi connectivity index (χ1n) is 8.26. The number of ether oxygens (including phenoxy) is 5. The van der Waals surface area contributed by atoms with E-state index in [4.69, 9.17) is 29.4 Å². The Balaban J connectivity index is 0.00000338. The van der Waals surface area contributed by atoms with E-state index in [1.165, 1.54) is 14.2 Å². The summed E-state index contributed by atoms with van der Waals surface area (Å²) in [6, 6.07) is -1.69. The molecule has 0 bridgehead atoms. The molecule has 1 radical (unpaired) electrons.